The van der Waals surface area contributed by atoms with Crippen LogP contribution in [-0.4, -0.2) is 101 Å². The Labute approximate surface area is 240 Å². The zero-order valence-corrected chi connectivity index (χ0v) is 23.2. The van der Waals surface area contributed by atoms with E-state index in [9.17, 15) is 19.2 Å². The standard InChI is InChI=1S/C27H32ClN5O8/c1-41-18-6-8-21-20(14-18)25(19-7-5-17(28)13-22(19)31-21)30-10-4-2-3-9-29-23(34)15-32(16-24(35)36)11-12-33(26(37)38)27(39)40/h5-8,13-14H,2-4,9-12,15-16H2,1H3,(H,29,34)(H,30,31)(H,35,36)(H,37,38)(H,39,40). The highest BCUT2D eigenvalue weighted by atomic mass is 35.5. The lowest BCUT2D eigenvalue weighted by Gasteiger charge is -2.22. The average molecular weight is 590 g/mol. The zero-order chi connectivity index (χ0) is 29.9. The molecule has 0 saturated carbocycles. The summed E-state index contributed by atoms with van der Waals surface area (Å²) in [7, 11) is 1.61. The van der Waals surface area contributed by atoms with Crippen molar-refractivity contribution in [3.05, 3.63) is 41.4 Å². The Bertz CT molecular complexity index is 1410. The highest BCUT2D eigenvalue weighted by molar-refractivity contribution is 6.31. The summed E-state index contributed by atoms with van der Waals surface area (Å²) in [4.78, 5) is 51.4. The lowest BCUT2D eigenvalue weighted by atomic mass is 10.1. The van der Waals surface area contributed by atoms with Crippen molar-refractivity contribution in [3.63, 3.8) is 0 Å². The molecule has 0 spiro atoms. The van der Waals surface area contributed by atoms with Crippen molar-refractivity contribution in [2.24, 2.45) is 0 Å². The van der Waals surface area contributed by atoms with Crippen LogP contribution in [0.15, 0.2) is 36.4 Å². The fourth-order valence-corrected chi connectivity index (χ4v) is 4.43. The third-order valence-electron chi connectivity index (χ3n) is 6.25. The second-order valence-corrected chi connectivity index (χ2v) is 9.63. The molecule has 3 aromatic rings. The van der Waals surface area contributed by atoms with Crippen molar-refractivity contribution in [1.82, 2.24) is 20.1 Å². The highest BCUT2D eigenvalue weighted by Crippen LogP contribution is 2.34. The van der Waals surface area contributed by atoms with Gasteiger partial charge in [-0.1, -0.05) is 11.6 Å². The van der Waals surface area contributed by atoms with Gasteiger partial charge in [-0.3, -0.25) is 14.5 Å². The molecule has 0 aliphatic rings. The number of halogens is 1. The summed E-state index contributed by atoms with van der Waals surface area (Å²) in [5.41, 5.74) is 2.51. The van der Waals surface area contributed by atoms with Crippen LogP contribution in [0.25, 0.3) is 21.8 Å². The van der Waals surface area contributed by atoms with E-state index in [1.165, 1.54) is 4.90 Å². The Morgan fingerprint density at radius 3 is 2.29 bits per heavy atom. The molecule has 41 heavy (non-hydrogen) atoms. The number of hydrogen-bond acceptors (Lipinski definition) is 8. The number of imide groups is 1. The maximum atomic E-state index is 12.3. The number of anilines is 1. The molecule has 5 N–H and O–H groups in total. The van der Waals surface area contributed by atoms with Crippen LogP contribution in [0.1, 0.15) is 19.3 Å². The average Bonchev–Trinajstić information content (AvgIpc) is 2.90. The van der Waals surface area contributed by atoms with Crippen molar-refractivity contribution in [1.29, 1.82) is 0 Å². The summed E-state index contributed by atoms with van der Waals surface area (Å²) in [5.74, 6) is -0.947. The molecule has 2 aromatic carbocycles. The van der Waals surface area contributed by atoms with Gasteiger partial charge >= 0.3 is 18.2 Å². The first kappa shape index (κ1) is 31.2. The number of ether oxygens (including phenoxy) is 1. The minimum atomic E-state index is -1.68. The van der Waals surface area contributed by atoms with Crippen LogP contribution in [0.5, 0.6) is 5.75 Å². The number of nitrogens with zero attached hydrogens (tertiary/aromatic N) is 3. The number of pyridine rings is 1. The van der Waals surface area contributed by atoms with Crippen molar-refractivity contribution in [3.8, 4) is 5.75 Å². The largest absolute Gasteiger partial charge is 0.497 e. The van der Waals surface area contributed by atoms with Crippen LogP contribution in [0, 0.1) is 0 Å². The molecule has 3 rings (SSSR count). The topological polar surface area (TPSA) is 182 Å². The van der Waals surface area contributed by atoms with Crippen molar-refractivity contribution in [2.45, 2.75) is 19.3 Å². The molecule has 0 aliphatic carbocycles. The predicted octanol–water partition coefficient (Wildman–Crippen LogP) is 3.79. The van der Waals surface area contributed by atoms with Crippen molar-refractivity contribution >= 4 is 63.2 Å². The molecule has 0 atom stereocenters. The van der Waals surface area contributed by atoms with E-state index >= 15 is 0 Å². The van der Waals surface area contributed by atoms with Crippen molar-refractivity contribution < 1.29 is 39.2 Å². The number of carboxylic acid groups (broad SMARTS) is 3. The van der Waals surface area contributed by atoms with Crippen LogP contribution in [0.4, 0.5) is 15.3 Å². The van der Waals surface area contributed by atoms with E-state index in [0.29, 0.717) is 24.5 Å². The Kier molecular flexibility index (Phi) is 11.3. The molecule has 3 amide bonds. The Morgan fingerprint density at radius 2 is 1.61 bits per heavy atom. The van der Waals surface area contributed by atoms with Crippen LogP contribution >= 0.6 is 11.6 Å². The Hall–Kier alpha value is -4.36. The third-order valence-corrected chi connectivity index (χ3v) is 6.48. The molecule has 1 heterocycles. The molecule has 0 aliphatic heterocycles. The van der Waals surface area contributed by atoms with Crippen LogP contribution in [0.3, 0.4) is 0 Å². The van der Waals surface area contributed by atoms with E-state index in [1.54, 1.807) is 7.11 Å². The van der Waals surface area contributed by atoms with E-state index in [0.717, 1.165) is 46.1 Å². The summed E-state index contributed by atoms with van der Waals surface area (Å²) >= 11 is 6.18. The second kappa shape index (κ2) is 14.9. The van der Waals surface area contributed by atoms with Gasteiger partial charge in [-0.15, -0.1) is 0 Å². The molecule has 0 saturated heterocycles. The van der Waals surface area contributed by atoms with Gasteiger partial charge in [0.2, 0.25) is 5.91 Å². The third kappa shape index (κ3) is 9.08. The van der Waals surface area contributed by atoms with Gasteiger partial charge < -0.3 is 30.7 Å². The number of unbranched alkanes of at least 4 members (excludes halogenated alkanes) is 2. The van der Waals surface area contributed by atoms with E-state index < -0.39 is 37.2 Å². The normalized spacial score (nSPS) is 11.0. The van der Waals surface area contributed by atoms with Crippen LogP contribution in [-0.2, 0) is 9.59 Å². The van der Waals surface area contributed by atoms with E-state index in [-0.39, 0.29) is 18.0 Å². The molecule has 13 nitrogen and oxygen atoms in total. The second-order valence-electron chi connectivity index (χ2n) is 9.19. The number of amides is 3. The predicted molar refractivity (Wildman–Crippen MR) is 153 cm³/mol. The number of carbonyl (C=O) groups excluding carboxylic acids is 1. The Morgan fingerprint density at radius 1 is 0.878 bits per heavy atom. The number of rotatable bonds is 15. The van der Waals surface area contributed by atoms with Crippen LogP contribution < -0.4 is 15.4 Å². The molecule has 1 aromatic heterocycles. The number of aliphatic carboxylic acids is 1. The van der Waals surface area contributed by atoms with Gasteiger partial charge in [0, 0.05) is 42.0 Å². The smallest absolute Gasteiger partial charge is 0.416 e. The molecule has 220 valence electrons. The minimum absolute atomic E-state index is 0.129. The molecule has 0 bridgehead atoms. The molecule has 0 unspecified atom stereocenters. The van der Waals surface area contributed by atoms with E-state index in [1.807, 2.05) is 36.4 Å². The number of fused-ring (bicyclic) bond motifs is 2. The molecule has 0 radical (unpaired) electrons. The lowest BCUT2D eigenvalue weighted by Crippen LogP contribution is -2.45. The number of aromatic nitrogens is 1. The van der Waals surface area contributed by atoms with Gasteiger partial charge in [0.25, 0.3) is 0 Å². The van der Waals surface area contributed by atoms with Gasteiger partial charge in [0.05, 0.1) is 36.9 Å². The molecular weight excluding hydrogens is 558 g/mol. The number of nitrogens with one attached hydrogen (secondary N) is 2. The van der Waals surface area contributed by atoms with Gasteiger partial charge in [-0.2, -0.15) is 0 Å². The number of methoxy groups -OCH3 is 1. The summed E-state index contributed by atoms with van der Waals surface area (Å²) < 4.78 is 5.39. The quantitative estimate of drug-likeness (QED) is 0.128. The zero-order valence-electron chi connectivity index (χ0n) is 22.4. The summed E-state index contributed by atoms with van der Waals surface area (Å²) in [6.07, 6.45) is -1.07. The minimum Gasteiger partial charge on any atom is -0.497 e. The van der Waals surface area contributed by atoms with E-state index in [2.05, 4.69) is 10.6 Å². The monoisotopic (exact) mass is 589 g/mol. The summed E-state index contributed by atoms with van der Waals surface area (Å²) in [6.45, 7) is -0.537. The van der Waals surface area contributed by atoms with Gasteiger partial charge in [0.1, 0.15) is 5.75 Å². The highest BCUT2D eigenvalue weighted by Gasteiger charge is 2.22. The van der Waals surface area contributed by atoms with Gasteiger partial charge in [-0.05, 0) is 55.7 Å². The maximum absolute atomic E-state index is 12.3. The van der Waals surface area contributed by atoms with Crippen molar-refractivity contribution in [2.75, 3.05) is 51.7 Å². The van der Waals surface area contributed by atoms with Crippen LogP contribution in [0.2, 0.25) is 5.02 Å². The van der Waals surface area contributed by atoms with Gasteiger partial charge in [0.15, 0.2) is 0 Å². The lowest BCUT2D eigenvalue weighted by molar-refractivity contribution is -0.138. The number of carbonyl (C=O) groups is 4. The first-order valence-corrected chi connectivity index (χ1v) is 13.2. The Balaban J connectivity index is 1.48. The first-order valence-electron chi connectivity index (χ1n) is 12.8. The summed E-state index contributed by atoms with van der Waals surface area (Å²) in [5, 5.41) is 35.6. The maximum Gasteiger partial charge on any atom is 0.416 e. The number of carboxylic acids is 1. The number of hydrogen-bond donors (Lipinski definition) is 5. The molecule has 14 heteroatoms. The SMILES string of the molecule is COc1ccc2nc3cc(Cl)ccc3c(NCCCCCNC(=O)CN(CCN(C(=O)O)C(=O)O)CC(=O)O)c2c1. The molecule has 0 fully saturated rings. The van der Waals surface area contributed by atoms with E-state index in [4.69, 9.17) is 36.6 Å². The molecular formula is C27H32ClN5O8. The fourth-order valence-electron chi connectivity index (χ4n) is 4.26. The first-order chi connectivity index (χ1) is 19.6. The fraction of sp³-hybridized carbons (Fsp3) is 0.370. The van der Waals surface area contributed by atoms with Gasteiger partial charge in [-0.25, -0.2) is 19.5 Å². The number of benzene rings is 2. The summed E-state index contributed by atoms with van der Waals surface area (Å²) in [6, 6.07) is 11.2.